The van der Waals surface area contributed by atoms with Gasteiger partial charge in [-0.2, -0.15) is 0 Å². The Bertz CT molecular complexity index is 473. The predicted octanol–water partition coefficient (Wildman–Crippen LogP) is 7.35. The van der Waals surface area contributed by atoms with Crippen LogP contribution in [0.1, 0.15) is 85.5 Å². The maximum Gasteiger partial charge on any atom is 0.00239 e. The van der Waals surface area contributed by atoms with Crippen molar-refractivity contribution >= 4 is 22.6 Å². The third-order valence-electron chi connectivity index (χ3n) is 10.0. The van der Waals surface area contributed by atoms with Crippen molar-refractivity contribution < 1.29 is 0 Å². The van der Waals surface area contributed by atoms with Crippen molar-refractivity contribution in [1.29, 1.82) is 0 Å². The number of alkyl halides is 1. The molecule has 4 aliphatic carbocycles. The quantitative estimate of drug-likeness (QED) is 0.310. The summed E-state index contributed by atoms with van der Waals surface area (Å²) in [6, 6.07) is 0. The molecule has 0 N–H and O–H groups in total. The fourth-order valence-corrected chi connectivity index (χ4v) is 9.49. The van der Waals surface area contributed by atoms with Crippen molar-refractivity contribution in [3.8, 4) is 0 Å². The number of hydrogen-bond donors (Lipinski definition) is 0. The zero-order chi connectivity index (χ0) is 17.1. The van der Waals surface area contributed by atoms with E-state index in [0.717, 1.165) is 41.4 Å². The minimum absolute atomic E-state index is 0.676. The number of rotatable bonds is 2. The molecule has 0 nitrogen and oxygen atoms in total. The molecule has 0 aromatic rings. The lowest BCUT2D eigenvalue weighted by Gasteiger charge is -2.62. The lowest BCUT2D eigenvalue weighted by Crippen LogP contribution is -2.54. The van der Waals surface area contributed by atoms with Crippen molar-refractivity contribution in [2.75, 3.05) is 4.43 Å². The first kappa shape index (κ1) is 18.1. The lowest BCUT2D eigenvalue weighted by atomic mass is 9.43. The summed E-state index contributed by atoms with van der Waals surface area (Å²) < 4.78 is 1.36. The first-order chi connectivity index (χ1) is 11.4. The second-order valence-corrected chi connectivity index (χ2v) is 11.7. The highest BCUT2D eigenvalue weighted by atomic mass is 127. The normalized spacial score (nSPS) is 55.4. The Morgan fingerprint density at radius 2 is 1.58 bits per heavy atom. The van der Waals surface area contributed by atoms with Gasteiger partial charge in [0.15, 0.2) is 0 Å². The summed E-state index contributed by atoms with van der Waals surface area (Å²) in [5.41, 5.74) is 1.37. The minimum atomic E-state index is 0.676. The van der Waals surface area contributed by atoms with E-state index in [1.807, 2.05) is 0 Å². The van der Waals surface area contributed by atoms with Gasteiger partial charge in [-0.1, -0.05) is 63.1 Å². The predicted molar refractivity (Wildman–Crippen MR) is 112 cm³/mol. The molecule has 0 aliphatic heterocycles. The molecule has 0 unspecified atom stereocenters. The molecule has 138 valence electrons. The zero-order valence-electron chi connectivity index (χ0n) is 16.5. The first-order valence-corrected chi connectivity index (χ1v) is 12.5. The van der Waals surface area contributed by atoms with Crippen molar-refractivity contribution in [2.24, 2.45) is 52.3 Å². The molecule has 4 rings (SSSR count). The monoisotopic (exact) mass is 442 g/mol. The van der Waals surface area contributed by atoms with Crippen LogP contribution in [0, 0.1) is 52.3 Å². The molecule has 9 atom stereocenters. The maximum absolute atomic E-state index is 2.73. The van der Waals surface area contributed by atoms with E-state index in [9.17, 15) is 0 Å². The van der Waals surface area contributed by atoms with Crippen LogP contribution in [-0.2, 0) is 0 Å². The van der Waals surface area contributed by atoms with E-state index >= 15 is 0 Å². The van der Waals surface area contributed by atoms with Crippen LogP contribution >= 0.6 is 22.6 Å². The zero-order valence-corrected chi connectivity index (χ0v) is 18.6. The average Bonchev–Trinajstić information content (AvgIpc) is 2.91. The molecular formula is C23H39I. The molecule has 0 aromatic carbocycles. The Morgan fingerprint density at radius 3 is 2.33 bits per heavy atom. The van der Waals surface area contributed by atoms with Crippen LogP contribution in [0.15, 0.2) is 0 Å². The van der Waals surface area contributed by atoms with Crippen LogP contribution in [0.25, 0.3) is 0 Å². The highest BCUT2D eigenvalue weighted by Gasteiger charge is 2.60. The van der Waals surface area contributed by atoms with Crippen LogP contribution < -0.4 is 0 Å². The second kappa shape index (κ2) is 6.41. The van der Waals surface area contributed by atoms with Gasteiger partial charge in [0.1, 0.15) is 0 Å². The molecule has 0 spiro atoms. The molecule has 0 saturated heterocycles. The Hall–Kier alpha value is 0.730. The van der Waals surface area contributed by atoms with Gasteiger partial charge in [0, 0.05) is 4.43 Å². The van der Waals surface area contributed by atoms with E-state index < -0.39 is 0 Å². The molecule has 0 heterocycles. The fraction of sp³-hybridized carbons (Fsp3) is 1.00. The van der Waals surface area contributed by atoms with Gasteiger partial charge in [0.2, 0.25) is 0 Å². The van der Waals surface area contributed by atoms with Gasteiger partial charge in [0.05, 0.1) is 0 Å². The third kappa shape index (κ3) is 2.48. The van der Waals surface area contributed by atoms with Gasteiger partial charge < -0.3 is 0 Å². The summed E-state index contributed by atoms with van der Waals surface area (Å²) in [4.78, 5) is 0. The lowest BCUT2D eigenvalue weighted by molar-refractivity contribution is -0.126. The van der Waals surface area contributed by atoms with Crippen LogP contribution in [0.5, 0.6) is 0 Å². The third-order valence-corrected chi connectivity index (χ3v) is 11.4. The molecule has 0 amide bonds. The maximum atomic E-state index is 2.73. The Labute approximate surface area is 164 Å². The van der Waals surface area contributed by atoms with E-state index in [1.165, 1.54) is 23.7 Å². The van der Waals surface area contributed by atoms with Crippen LogP contribution in [0.3, 0.4) is 0 Å². The van der Waals surface area contributed by atoms with Crippen molar-refractivity contribution in [2.45, 2.75) is 85.5 Å². The summed E-state index contributed by atoms with van der Waals surface area (Å²) >= 11 is 2.64. The highest BCUT2D eigenvalue weighted by Crippen LogP contribution is 2.68. The van der Waals surface area contributed by atoms with Crippen LogP contribution in [-0.4, -0.2) is 4.43 Å². The molecule has 4 saturated carbocycles. The van der Waals surface area contributed by atoms with Gasteiger partial charge in [-0.25, -0.2) is 0 Å². The molecular weight excluding hydrogens is 403 g/mol. The number of fused-ring (bicyclic) bond motifs is 5. The first-order valence-electron chi connectivity index (χ1n) is 11.0. The van der Waals surface area contributed by atoms with E-state index in [0.29, 0.717) is 10.8 Å². The van der Waals surface area contributed by atoms with Crippen LogP contribution in [0.2, 0.25) is 0 Å². The van der Waals surface area contributed by atoms with E-state index in [-0.39, 0.29) is 0 Å². The summed E-state index contributed by atoms with van der Waals surface area (Å²) in [6.45, 7) is 10.6. The van der Waals surface area contributed by atoms with E-state index in [1.54, 1.807) is 38.5 Å². The molecule has 1 heteroatoms. The van der Waals surface area contributed by atoms with Crippen molar-refractivity contribution in [3.05, 3.63) is 0 Å². The summed E-state index contributed by atoms with van der Waals surface area (Å²) in [7, 11) is 0. The minimum Gasteiger partial charge on any atom is -0.0861 e. The molecule has 0 bridgehead atoms. The largest absolute Gasteiger partial charge is 0.0861 e. The standard InChI is InChI=1S/C23H39I/c1-15-6-5-12-22(3)18(15)8-7-17-20-10-9-19(16(2)14-24)23(20,4)13-11-21(17)22/h15-21H,5-14H2,1-4H3/t15-,16-,17+,18+,19-,20+,21+,22+,23-/m1/s1. The van der Waals surface area contributed by atoms with Crippen LogP contribution in [0.4, 0.5) is 0 Å². The molecule has 24 heavy (non-hydrogen) atoms. The van der Waals surface area contributed by atoms with E-state index in [2.05, 4.69) is 50.3 Å². The van der Waals surface area contributed by atoms with Crippen molar-refractivity contribution in [1.82, 2.24) is 0 Å². The number of halogens is 1. The van der Waals surface area contributed by atoms with Gasteiger partial charge in [-0.15, -0.1) is 0 Å². The Morgan fingerprint density at radius 1 is 0.875 bits per heavy atom. The molecule has 0 radical (unpaired) electrons. The molecule has 4 aliphatic rings. The number of hydrogen-bond acceptors (Lipinski definition) is 0. The summed E-state index contributed by atoms with van der Waals surface area (Å²) in [5, 5.41) is 0. The topological polar surface area (TPSA) is 0 Å². The smallest absolute Gasteiger partial charge is 0.00239 e. The summed E-state index contributed by atoms with van der Waals surface area (Å²) in [6.07, 6.45) is 13.9. The fourth-order valence-electron chi connectivity index (χ4n) is 8.88. The highest BCUT2D eigenvalue weighted by molar-refractivity contribution is 14.1. The van der Waals surface area contributed by atoms with Gasteiger partial charge in [0.25, 0.3) is 0 Å². The molecule has 0 aromatic heterocycles. The van der Waals surface area contributed by atoms with Gasteiger partial charge >= 0.3 is 0 Å². The van der Waals surface area contributed by atoms with Gasteiger partial charge in [-0.05, 0) is 97.2 Å². The second-order valence-electron chi connectivity index (χ2n) is 10.8. The van der Waals surface area contributed by atoms with E-state index in [4.69, 9.17) is 0 Å². The SMILES string of the molecule is C[C@H](CI)[C@H]1CC[C@H]2[C@@H]3CC[C@H]4[C@H](C)CCC[C@]4(C)[C@H]3CC[C@]12C. The van der Waals surface area contributed by atoms with Gasteiger partial charge in [-0.3, -0.25) is 0 Å². The summed E-state index contributed by atoms with van der Waals surface area (Å²) in [5.74, 6) is 7.17. The Balaban J connectivity index is 1.61. The molecule has 4 fully saturated rings. The van der Waals surface area contributed by atoms with Crippen molar-refractivity contribution in [3.63, 3.8) is 0 Å². The Kier molecular flexibility index (Phi) is 4.84. The average molecular weight is 442 g/mol.